The molecule has 0 spiro atoms. The lowest BCUT2D eigenvalue weighted by Crippen LogP contribution is -2.09. The quantitative estimate of drug-likeness (QED) is 0.751. The zero-order chi connectivity index (χ0) is 12.0. The van der Waals surface area contributed by atoms with E-state index in [4.69, 9.17) is 11.6 Å². The summed E-state index contributed by atoms with van der Waals surface area (Å²) in [6, 6.07) is 6.47. The lowest BCUT2D eigenvalue weighted by atomic mass is 10.1. The first-order chi connectivity index (χ1) is 8.13. The van der Waals surface area contributed by atoms with E-state index < -0.39 is 0 Å². The average molecular weight is 265 g/mol. The number of benzene rings is 1. The number of nitrogens with zero attached hydrogens (tertiary/aromatic N) is 1. The minimum Gasteiger partial charge on any atom is -0.359 e. The van der Waals surface area contributed by atoms with Gasteiger partial charge in [0, 0.05) is 27.9 Å². The fourth-order valence-corrected chi connectivity index (χ4v) is 3.44. The molecule has 1 aliphatic rings. The summed E-state index contributed by atoms with van der Waals surface area (Å²) in [5.41, 5.74) is 3.66. The lowest BCUT2D eigenvalue weighted by Gasteiger charge is -2.05. The zero-order valence-electron chi connectivity index (χ0n) is 9.75. The number of thiazole rings is 1. The number of anilines is 1. The molecule has 0 atom stereocenters. The molecular weight excluding hydrogens is 252 g/mol. The minimum atomic E-state index is 0.422. The summed E-state index contributed by atoms with van der Waals surface area (Å²) < 4.78 is 0. The van der Waals surface area contributed by atoms with Gasteiger partial charge in [0.05, 0.1) is 5.69 Å². The molecule has 0 fully saturated rings. The maximum atomic E-state index is 6.00. The van der Waals surface area contributed by atoms with E-state index in [-0.39, 0.29) is 0 Å². The predicted octanol–water partition coefficient (Wildman–Crippen LogP) is 4.19. The third-order valence-corrected chi connectivity index (χ3v) is 4.00. The van der Waals surface area contributed by atoms with Crippen LogP contribution in [0.25, 0.3) is 11.3 Å². The van der Waals surface area contributed by atoms with Crippen molar-refractivity contribution in [2.24, 2.45) is 0 Å². The molecule has 0 aliphatic heterocycles. The molecule has 1 N–H and O–H groups in total. The van der Waals surface area contributed by atoms with E-state index in [0.717, 1.165) is 22.3 Å². The van der Waals surface area contributed by atoms with Crippen molar-refractivity contribution in [3.63, 3.8) is 0 Å². The molecule has 1 aromatic heterocycles. The Kier molecular flexibility index (Phi) is 2.60. The molecule has 0 saturated heterocycles. The second kappa shape index (κ2) is 4.00. The van der Waals surface area contributed by atoms with E-state index in [0.29, 0.717) is 6.04 Å². The number of hydrogen-bond acceptors (Lipinski definition) is 3. The first-order valence-electron chi connectivity index (χ1n) is 5.68. The number of fused-ring (bicyclic) bond motifs is 3. The highest BCUT2D eigenvalue weighted by Crippen LogP contribution is 2.41. The van der Waals surface area contributed by atoms with Gasteiger partial charge >= 0.3 is 0 Å². The summed E-state index contributed by atoms with van der Waals surface area (Å²) in [5, 5.41) is 5.18. The predicted molar refractivity (Wildman–Crippen MR) is 74.1 cm³/mol. The van der Waals surface area contributed by atoms with Crippen LogP contribution >= 0.6 is 22.9 Å². The molecule has 3 rings (SSSR count). The Morgan fingerprint density at radius 3 is 3.00 bits per heavy atom. The summed E-state index contributed by atoms with van der Waals surface area (Å²) in [6.45, 7) is 4.25. The average Bonchev–Trinajstić information content (AvgIpc) is 2.72. The Labute approximate surface area is 110 Å². The molecule has 17 heavy (non-hydrogen) atoms. The lowest BCUT2D eigenvalue weighted by molar-refractivity contribution is 0.897. The van der Waals surface area contributed by atoms with E-state index in [1.54, 1.807) is 11.3 Å². The van der Waals surface area contributed by atoms with Crippen LogP contribution < -0.4 is 5.32 Å². The normalized spacial score (nSPS) is 12.7. The highest BCUT2D eigenvalue weighted by Gasteiger charge is 2.23. The molecule has 88 valence electrons. The molecule has 1 aliphatic carbocycles. The molecule has 0 unspecified atom stereocenters. The molecular formula is C13H13ClN2S. The number of rotatable bonds is 2. The summed E-state index contributed by atoms with van der Waals surface area (Å²) in [7, 11) is 0. The van der Waals surface area contributed by atoms with Crippen molar-refractivity contribution < 1.29 is 0 Å². The smallest absolute Gasteiger partial charge is 0.183 e. The first kappa shape index (κ1) is 11.1. The standard InChI is InChI=1S/C13H13ClN2S/c1-7(2)15-13-16-12-10-4-3-9(14)5-8(10)6-11(12)17-13/h3-5,7H,6H2,1-2H3,(H,15,16). The van der Waals surface area contributed by atoms with Crippen LogP contribution in [0.2, 0.25) is 5.02 Å². The molecule has 1 heterocycles. The second-order valence-corrected chi connectivity index (χ2v) is 6.09. The Morgan fingerprint density at radius 1 is 1.41 bits per heavy atom. The van der Waals surface area contributed by atoms with Crippen molar-refractivity contribution in [3.8, 4) is 11.3 Å². The van der Waals surface area contributed by atoms with Crippen LogP contribution in [0.4, 0.5) is 5.13 Å². The maximum absolute atomic E-state index is 6.00. The van der Waals surface area contributed by atoms with Crippen LogP contribution in [0.5, 0.6) is 0 Å². The number of aromatic nitrogens is 1. The monoisotopic (exact) mass is 264 g/mol. The molecule has 4 heteroatoms. The van der Waals surface area contributed by atoms with Gasteiger partial charge < -0.3 is 5.32 Å². The highest BCUT2D eigenvalue weighted by atomic mass is 35.5. The molecule has 1 aromatic carbocycles. The van der Waals surface area contributed by atoms with Crippen molar-refractivity contribution in [1.82, 2.24) is 4.98 Å². The van der Waals surface area contributed by atoms with Gasteiger partial charge in [0.2, 0.25) is 0 Å². The Bertz CT molecular complexity index is 575. The topological polar surface area (TPSA) is 24.9 Å². The van der Waals surface area contributed by atoms with E-state index in [2.05, 4.69) is 30.2 Å². The van der Waals surface area contributed by atoms with Crippen molar-refractivity contribution in [1.29, 1.82) is 0 Å². The first-order valence-corrected chi connectivity index (χ1v) is 6.88. The van der Waals surface area contributed by atoms with Gasteiger partial charge in [-0.3, -0.25) is 0 Å². The van der Waals surface area contributed by atoms with E-state index in [1.807, 2.05) is 12.1 Å². The highest BCUT2D eigenvalue weighted by molar-refractivity contribution is 7.16. The van der Waals surface area contributed by atoms with Crippen LogP contribution in [0.15, 0.2) is 18.2 Å². The third-order valence-electron chi connectivity index (χ3n) is 2.78. The number of nitrogens with one attached hydrogen (secondary N) is 1. The van der Waals surface area contributed by atoms with Crippen LogP contribution in [0.3, 0.4) is 0 Å². The minimum absolute atomic E-state index is 0.422. The molecule has 2 nitrogen and oxygen atoms in total. The SMILES string of the molecule is CC(C)Nc1nc2c(s1)Cc1cc(Cl)ccc1-2. The summed E-state index contributed by atoms with van der Waals surface area (Å²) in [6.07, 6.45) is 0.961. The Balaban J connectivity index is 2.00. The molecule has 0 radical (unpaired) electrons. The molecule has 0 bridgehead atoms. The van der Waals surface area contributed by atoms with Crippen molar-refractivity contribution >= 4 is 28.1 Å². The third kappa shape index (κ3) is 1.94. The van der Waals surface area contributed by atoms with Crippen LogP contribution in [0, 0.1) is 0 Å². The summed E-state index contributed by atoms with van der Waals surface area (Å²) >= 11 is 7.75. The summed E-state index contributed by atoms with van der Waals surface area (Å²) in [5.74, 6) is 0. The van der Waals surface area contributed by atoms with Crippen molar-refractivity contribution in [3.05, 3.63) is 33.7 Å². The largest absolute Gasteiger partial charge is 0.359 e. The van der Waals surface area contributed by atoms with Gasteiger partial charge in [-0.15, -0.1) is 11.3 Å². The maximum Gasteiger partial charge on any atom is 0.183 e. The van der Waals surface area contributed by atoms with E-state index >= 15 is 0 Å². The van der Waals surface area contributed by atoms with E-state index in [1.165, 1.54) is 16.0 Å². The molecule has 0 amide bonds. The van der Waals surface area contributed by atoms with Gasteiger partial charge in [-0.05, 0) is 31.5 Å². The van der Waals surface area contributed by atoms with Crippen LogP contribution in [0.1, 0.15) is 24.3 Å². The van der Waals surface area contributed by atoms with Crippen molar-refractivity contribution in [2.45, 2.75) is 26.3 Å². The second-order valence-electron chi connectivity index (χ2n) is 4.57. The Hall–Kier alpha value is -1.06. The number of halogens is 1. The van der Waals surface area contributed by atoms with Crippen LogP contribution in [-0.4, -0.2) is 11.0 Å². The fourth-order valence-electron chi connectivity index (χ4n) is 2.10. The van der Waals surface area contributed by atoms with Gasteiger partial charge in [0.15, 0.2) is 5.13 Å². The van der Waals surface area contributed by atoms with Crippen LogP contribution in [-0.2, 0) is 6.42 Å². The molecule has 2 aromatic rings. The molecule has 0 saturated carbocycles. The van der Waals surface area contributed by atoms with Gasteiger partial charge in [0.1, 0.15) is 0 Å². The van der Waals surface area contributed by atoms with Crippen molar-refractivity contribution in [2.75, 3.05) is 5.32 Å². The summed E-state index contributed by atoms with van der Waals surface area (Å²) in [4.78, 5) is 6.00. The van der Waals surface area contributed by atoms with Gasteiger partial charge in [-0.1, -0.05) is 17.7 Å². The number of hydrogen-bond donors (Lipinski definition) is 1. The fraction of sp³-hybridized carbons (Fsp3) is 0.308. The van der Waals surface area contributed by atoms with Gasteiger partial charge in [-0.2, -0.15) is 0 Å². The van der Waals surface area contributed by atoms with Gasteiger partial charge in [0.25, 0.3) is 0 Å². The Morgan fingerprint density at radius 2 is 2.24 bits per heavy atom. The van der Waals surface area contributed by atoms with Gasteiger partial charge in [-0.25, -0.2) is 4.98 Å². The van der Waals surface area contributed by atoms with E-state index in [9.17, 15) is 0 Å². The zero-order valence-corrected chi connectivity index (χ0v) is 11.3.